The molecule has 3 N–H and O–H groups in total. The lowest BCUT2D eigenvalue weighted by Crippen LogP contribution is -2.43. The molecule has 136 valence electrons. The first-order valence-corrected chi connectivity index (χ1v) is 9.16. The highest BCUT2D eigenvalue weighted by Crippen LogP contribution is 2.29. The Hall–Kier alpha value is -0.220. The standard InChI is InChI=1S/C15H30N4O2S.HI/c1-4-16-15(18-11-14(20)17-8-9-21-3)19-12-6-7-13(10-12)22-5-2;/h12-13H,4-11H2,1-3H3,(H,17,20)(H2,16,18,19);1H. The number of rotatable bonds is 9. The maximum atomic E-state index is 11.7. The fourth-order valence-electron chi connectivity index (χ4n) is 2.47. The van der Waals surface area contributed by atoms with Crippen LogP contribution >= 0.6 is 35.7 Å². The number of hydrogen-bond acceptors (Lipinski definition) is 4. The summed E-state index contributed by atoms with van der Waals surface area (Å²) in [6, 6.07) is 0.457. The summed E-state index contributed by atoms with van der Waals surface area (Å²) in [6.07, 6.45) is 3.60. The molecule has 0 bridgehead atoms. The van der Waals surface area contributed by atoms with E-state index >= 15 is 0 Å². The summed E-state index contributed by atoms with van der Waals surface area (Å²) in [5.74, 6) is 1.82. The van der Waals surface area contributed by atoms with Gasteiger partial charge in [0.1, 0.15) is 6.54 Å². The third kappa shape index (κ3) is 10.3. The molecule has 0 aromatic heterocycles. The molecule has 0 aliphatic heterocycles. The van der Waals surface area contributed by atoms with Gasteiger partial charge in [-0.2, -0.15) is 11.8 Å². The molecule has 23 heavy (non-hydrogen) atoms. The predicted molar refractivity (Wildman–Crippen MR) is 109 cm³/mol. The summed E-state index contributed by atoms with van der Waals surface area (Å²) in [5, 5.41) is 10.2. The van der Waals surface area contributed by atoms with Gasteiger partial charge in [-0.3, -0.25) is 4.79 Å². The van der Waals surface area contributed by atoms with Gasteiger partial charge in [-0.1, -0.05) is 6.92 Å². The lowest BCUT2D eigenvalue weighted by molar-refractivity contribution is -0.119. The van der Waals surface area contributed by atoms with E-state index in [2.05, 4.69) is 27.9 Å². The SMILES string of the molecule is CCNC(=NCC(=O)NCCOC)NC1CCC(SCC)C1.I. The molecule has 2 atom stereocenters. The first kappa shape index (κ1) is 22.8. The summed E-state index contributed by atoms with van der Waals surface area (Å²) in [4.78, 5) is 16.0. The van der Waals surface area contributed by atoms with Crippen LogP contribution in [0.3, 0.4) is 0 Å². The van der Waals surface area contributed by atoms with E-state index in [0.29, 0.717) is 19.2 Å². The number of ether oxygens (including phenoxy) is 1. The minimum Gasteiger partial charge on any atom is -0.383 e. The molecule has 0 aromatic carbocycles. The van der Waals surface area contributed by atoms with E-state index in [4.69, 9.17) is 4.74 Å². The summed E-state index contributed by atoms with van der Waals surface area (Å²) in [7, 11) is 1.61. The van der Waals surface area contributed by atoms with Crippen LogP contribution in [0.1, 0.15) is 33.1 Å². The lowest BCUT2D eigenvalue weighted by Gasteiger charge is -2.17. The van der Waals surface area contributed by atoms with Crippen LogP contribution in [-0.2, 0) is 9.53 Å². The maximum Gasteiger partial charge on any atom is 0.241 e. The Bertz CT molecular complexity index is 358. The number of nitrogens with one attached hydrogen (secondary N) is 3. The third-order valence-electron chi connectivity index (χ3n) is 3.48. The molecule has 0 heterocycles. The van der Waals surface area contributed by atoms with Crippen molar-refractivity contribution in [2.75, 3.05) is 39.1 Å². The molecule has 1 amide bonds. The van der Waals surface area contributed by atoms with Crippen molar-refractivity contribution in [3.8, 4) is 0 Å². The smallest absolute Gasteiger partial charge is 0.241 e. The highest BCUT2D eigenvalue weighted by molar-refractivity contribution is 14.0. The fraction of sp³-hybridized carbons (Fsp3) is 0.867. The number of carbonyl (C=O) groups excluding carboxylic acids is 1. The summed E-state index contributed by atoms with van der Waals surface area (Å²) in [6.45, 7) is 6.20. The molecule has 1 fully saturated rings. The third-order valence-corrected chi connectivity index (χ3v) is 4.71. The van der Waals surface area contributed by atoms with Gasteiger partial charge in [-0.05, 0) is 31.9 Å². The molecule has 2 unspecified atom stereocenters. The second-order valence-corrected chi connectivity index (χ2v) is 6.85. The second kappa shape index (κ2) is 14.2. The number of halogens is 1. The van der Waals surface area contributed by atoms with Gasteiger partial charge in [0.05, 0.1) is 6.61 Å². The van der Waals surface area contributed by atoms with Crippen LogP contribution in [0, 0.1) is 0 Å². The Balaban J connectivity index is 0.00000484. The van der Waals surface area contributed by atoms with Crippen molar-refractivity contribution in [2.45, 2.75) is 44.4 Å². The Kier molecular flexibility index (Phi) is 14.0. The van der Waals surface area contributed by atoms with Crippen LogP contribution in [-0.4, -0.2) is 62.3 Å². The molecule has 1 aliphatic rings. The Morgan fingerprint density at radius 3 is 2.74 bits per heavy atom. The number of methoxy groups -OCH3 is 1. The number of aliphatic imine (C=N–C) groups is 1. The van der Waals surface area contributed by atoms with E-state index in [9.17, 15) is 4.79 Å². The van der Waals surface area contributed by atoms with Gasteiger partial charge in [0.15, 0.2) is 5.96 Å². The summed E-state index contributed by atoms with van der Waals surface area (Å²) in [5.41, 5.74) is 0. The average molecular weight is 458 g/mol. The van der Waals surface area contributed by atoms with Gasteiger partial charge in [-0.15, -0.1) is 24.0 Å². The zero-order valence-electron chi connectivity index (χ0n) is 14.4. The summed E-state index contributed by atoms with van der Waals surface area (Å²) >= 11 is 2.04. The number of amides is 1. The summed E-state index contributed by atoms with van der Waals surface area (Å²) < 4.78 is 4.90. The van der Waals surface area contributed by atoms with E-state index < -0.39 is 0 Å². The minimum absolute atomic E-state index is 0. The fourth-order valence-corrected chi connectivity index (χ4v) is 3.61. The van der Waals surface area contributed by atoms with Crippen molar-refractivity contribution in [1.82, 2.24) is 16.0 Å². The molecule has 0 saturated heterocycles. The maximum absolute atomic E-state index is 11.7. The Labute approximate surface area is 161 Å². The van der Waals surface area contributed by atoms with E-state index in [1.165, 1.54) is 25.0 Å². The van der Waals surface area contributed by atoms with Crippen molar-refractivity contribution in [3.05, 3.63) is 0 Å². The number of guanidine groups is 1. The molecule has 1 aliphatic carbocycles. The van der Waals surface area contributed by atoms with Crippen molar-refractivity contribution in [1.29, 1.82) is 0 Å². The van der Waals surface area contributed by atoms with Crippen LogP contribution in [0.15, 0.2) is 4.99 Å². The number of thioether (sulfide) groups is 1. The molecule has 1 saturated carbocycles. The second-order valence-electron chi connectivity index (χ2n) is 5.27. The number of hydrogen-bond donors (Lipinski definition) is 3. The first-order chi connectivity index (χ1) is 10.7. The Morgan fingerprint density at radius 1 is 1.30 bits per heavy atom. The highest BCUT2D eigenvalue weighted by Gasteiger charge is 2.25. The van der Waals surface area contributed by atoms with Crippen LogP contribution < -0.4 is 16.0 Å². The van der Waals surface area contributed by atoms with Crippen molar-refractivity contribution >= 4 is 47.6 Å². The average Bonchev–Trinajstić information content (AvgIpc) is 2.93. The van der Waals surface area contributed by atoms with Gasteiger partial charge in [0, 0.05) is 31.5 Å². The van der Waals surface area contributed by atoms with Crippen LogP contribution in [0.2, 0.25) is 0 Å². The van der Waals surface area contributed by atoms with Crippen LogP contribution in [0.5, 0.6) is 0 Å². The zero-order chi connectivity index (χ0) is 16.2. The molecular formula is C15H31IN4O2S. The lowest BCUT2D eigenvalue weighted by atomic mass is 10.2. The first-order valence-electron chi connectivity index (χ1n) is 8.11. The van der Waals surface area contributed by atoms with E-state index in [0.717, 1.165) is 17.8 Å². The van der Waals surface area contributed by atoms with Gasteiger partial charge in [-0.25, -0.2) is 4.99 Å². The van der Waals surface area contributed by atoms with Gasteiger partial charge < -0.3 is 20.7 Å². The van der Waals surface area contributed by atoms with E-state index in [1.807, 2.05) is 18.7 Å². The topological polar surface area (TPSA) is 74.8 Å². The molecule has 0 radical (unpaired) electrons. The number of carbonyl (C=O) groups is 1. The van der Waals surface area contributed by atoms with Crippen molar-refractivity contribution < 1.29 is 9.53 Å². The molecule has 6 nitrogen and oxygen atoms in total. The quantitative estimate of drug-likeness (QED) is 0.212. The molecule has 1 rings (SSSR count). The van der Waals surface area contributed by atoms with Gasteiger partial charge >= 0.3 is 0 Å². The van der Waals surface area contributed by atoms with Crippen LogP contribution in [0.25, 0.3) is 0 Å². The van der Waals surface area contributed by atoms with Gasteiger partial charge in [0.25, 0.3) is 0 Å². The minimum atomic E-state index is -0.0832. The van der Waals surface area contributed by atoms with E-state index in [-0.39, 0.29) is 36.4 Å². The van der Waals surface area contributed by atoms with Crippen molar-refractivity contribution in [3.63, 3.8) is 0 Å². The number of nitrogens with zero attached hydrogens (tertiary/aromatic N) is 1. The Morgan fingerprint density at radius 2 is 2.09 bits per heavy atom. The largest absolute Gasteiger partial charge is 0.383 e. The molecular weight excluding hydrogens is 427 g/mol. The van der Waals surface area contributed by atoms with Crippen LogP contribution in [0.4, 0.5) is 0 Å². The monoisotopic (exact) mass is 458 g/mol. The normalized spacial score (nSPS) is 20.7. The highest BCUT2D eigenvalue weighted by atomic mass is 127. The van der Waals surface area contributed by atoms with Gasteiger partial charge in [0.2, 0.25) is 5.91 Å². The zero-order valence-corrected chi connectivity index (χ0v) is 17.5. The molecule has 0 spiro atoms. The van der Waals surface area contributed by atoms with E-state index in [1.54, 1.807) is 7.11 Å². The van der Waals surface area contributed by atoms with Crippen molar-refractivity contribution in [2.24, 2.45) is 4.99 Å². The molecule has 8 heteroatoms. The molecule has 0 aromatic rings. The predicted octanol–water partition coefficient (Wildman–Crippen LogP) is 1.60.